The lowest BCUT2D eigenvalue weighted by atomic mass is 10.1. The standard InChI is InChI=1S/C17H30N4O/c1-14(12-21-16(3)8-9-18-21)17(22)19-15(2)13-20-10-6-4-5-7-11-20/h8-9,14-15H,4-7,10-13H2,1-3H3,(H,19,22)/t14-,15-/m0/s1. The highest BCUT2D eigenvalue weighted by Crippen LogP contribution is 2.10. The van der Waals surface area contributed by atoms with Gasteiger partial charge < -0.3 is 10.2 Å². The quantitative estimate of drug-likeness (QED) is 0.876. The number of likely N-dealkylation sites (tertiary alicyclic amines) is 1. The topological polar surface area (TPSA) is 50.2 Å². The smallest absolute Gasteiger partial charge is 0.224 e. The van der Waals surface area contributed by atoms with Gasteiger partial charge in [0.25, 0.3) is 0 Å². The summed E-state index contributed by atoms with van der Waals surface area (Å²) in [6, 6.07) is 2.17. The zero-order valence-corrected chi connectivity index (χ0v) is 14.2. The summed E-state index contributed by atoms with van der Waals surface area (Å²) in [7, 11) is 0. The van der Waals surface area contributed by atoms with Crippen LogP contribution in [0.5, 0.6) is 0 Å². The maximum Gasteiger partial charge on any atom is 0.224 e. The summed E-state index contributed by atoms with van der Waals surface area (Å²) in [4.78, 5) is 14.8. The van der Waals surface area contributed by atoms with E-state index in [-0.39, 0.29) is 17.9 Å². The van der Waals surface area contributed by atoms with Crippen LogP contribution in [-0.2, 0) is 11.3 Å². The van der Waals surface area contributed by atoms with Crippen molar-refractivity contribution in [3.8, 4) is 0 Å². The number of rotatable bonds is 6. The van der Waals surface area contributed by atoms with Gasteiger partial charge in [0.1, 0.15) is 0 Å². The number of nitrogens with one attached hydrogen (secondary N) is 1. The lowest BCUT2D eigenvalue weighted by Crippen LogP contribution is -2.44. The first-order valence-corrected chi connectivity index (χ1v) is 8.57. The molecule has 22 heavy (non-hydrogen) atoms. The Morgan fingerprint density at radius 3 is 2.50 bits per heavy atom. The molecule has 1 fully saturated rings. The molecule has 0 saturated carbocycles. The van der Waals surface area contributed by atoms with Crippen molar-refractivity contribution in [2.75, 3.05) is 19.6 Å². The monoisotopic (exact) mass is 306 g/mol. The minimum absolute atomic E-state index is 0.0646. The Balaban J connectivity index is 1.76. The molecule has 2 rings (SSSR count). The molecule has 0 spiro atoms. The summed E-state index contributed by atoms with van der Waals surface area (Å²) in [6.07, 6.45) is 7.04. The average Bonchev–Trinajstić information content (AvgIpc) is 2.73. The summed E-state index contributed by atoms with van der Waals surface area (Å²) in [5.74, 6) is 0.0578. The number of aromatic nitrogens is 2. The fourth-order valence-corrected chi connectivity index (χ4v) is 3.07. The van der Waals surface area contributed by atoms with Crippen LogP contribution in [0, 0.1) is 12.8 Å². The average molecular weight is 306 g/mol. The number of carbonyl (C=O) groups excluding carboxylic acids is 1. The van der Waals surface area contributed by atoms with Crippen LogP contribution < -0.4 is 5.32 Å². The van der Waals surface area contributed by atoms with Crippen molar-refractivity contribution in [3.63, 3.8) is 0 Å². The number of nitrogens with zero attached hydrogens (tertiary/aromatic N) is 3. The third-order valence-electron chi connectivity index (χ3n) is 4.44. The molecule has 1 aromatic rings. The molecular weight excluding hydrogens is 276 g/mol. The molecule has 2 heterocycles. The molecule has 1 amide bonds. The summed E-state index contributed by atoms with van der Waals surface area (Å²) in [5.41, 5.74) is 1.09. The van der Waals surface area contributed by atoms with Crippen molar-refractivity contribution in [2.45, 2.75) is 59.0 Å². The van der Waals surface area contributed by atoms with Gasteiger partial charge >= 0.3 is 0 Å². The first kappa shape index (κ1) is 17.0. The second-order valence-electron chi connectivity index (χ2n) is 6.68. The molecule has 5 heteroatoms. The summed E-state index contributed by atoms with van der Waals surface area (Å²) in [5, 5.41) is 7.41. The predicted molar refractivity (Wildman–Crippen MR) is 88.6 cm³/mol. The van der Waals surface area contributed by atoms with Gasteiger partial charge in [-0.2, -0.15) is 5.10 Å². The van der Waals surface area contributed by atoms with Gasteiger partial charge in [-0.25, -0.2) is 0 Å². The van der Waals surface area contributed by atoms with Gasteiger partial charge in [0, 0.05) is 24.5 Å². The minimum Gasteiger partial charge on any atom is -0.352 e. The Morgan fingerprint density at radius 2 is 1.91 bits per heavy atom. The zero-order valence-electron chi connectivity index (χ0n) is 14.2. The summed E-state index contributed by atoms with van der Waals surface area (Å²) < 4.78 is 1.89. The van der Waals surface area contributed by atoms with E-state index in [4.69, 9.17) is 0 Å². The van der Waals surface area contributed by atoms with E-state index in [2.05, 4.69) is 22.2 Å². The van der Waals surface area contributed by atoms with Crippen molar-refractivity contribution < 1.29 is 4.79 Å². The second-order valence-corrected chi connectivity index (χ2v) is 6.68. The Labute approximate surface area is 134 Å². The van der Waals surface area contributed by atoms with Crippen molar-refractivity contribution in [2.24, 2.45) is 5.92 Å². The normalized spacial score (nSPS) is 19.4. The van der Waals surface area contributed by atoms with Crippen LogP contribution in [0.2, 0.25) is 0 Å². The van der Waals surface area contributed by atoms with Crippen LogP contribution in [0.3, 0.4) is 0 Å². The van der Waals surface area contributed by atoms with E-state index >= 15 is 0 Å². The molecule has 5 nitrogen and oxygen atoms in total. The molecule has 1 aliphatic rings. The first-order valence-electron chi connectivity index (χ1n) is 8.57. The fraction of sp³-hybridized carbons (Fsp3) is 0.765. The SMILES string of the molecule is Cc1ccnn1C[C@H](C)C(=O)N[C@@H](C)CN1CCCCCC1. The van der Waals surface area contributed by atoms with E-state index in [1.165, 1.54) is 38.8 Å². The highest BCUT2D eigenvalue weighted by atomic mass is 16.1. The Bertz CT molecular complexity index is 463. The summed E-state index contributed by atoms with van der Waals surface area (Å²) >= 11 is 0. The van der Waals surface area contributed by atoms with Crippen LogP contribution in [0.1, 0.15) is 45.2 Å². The van der Waals surface area contributed by atoms with Crippen LogP contribution in [0.4, 0.5) is 0 Å². The van der Waals surface area contributed by atoms with Crippen molar-refractivity contribution >= 4 is 5.91 Å². The van der Waals surface area contributed by atoms with Crippen molar-refractivity contribution in [3.05, 3.63) is 18.0 Å². The minimum atomic E-state index is -0.0646. The van der Waals surface area contributed by atoms with Gasteiger partial charge in [-0.1, -0.05) is 19.8 Å². The molecule has 0 aromatic carbocycles. The first-order chi connectivity index (χ1) is 10.6. The second kappa shape index (κ2) is 8.32. The highest BCUT2D eigenvalue weighted by molar-refractivity contribution is 5.78. The number of hydrogen-bond donors (Lipinski definition) is 1. The number of amides is 1. The van der Waals surface area contributed by atoms with Crippen LogP contribution in [-0.4, -0.2) is 46.3 Å². The van der Waals surface area contributed by atoms with E-state index < -0.39 is 0 Å². The lowest BCUT2D eigenvalue weighted by molar-refractivity contribution is -0.125. The molecule has 0 aliphatic carbocycles. The molecule has 1 saturated heterocycles. The van der Waals surface area contributed by atoms with Gasteiger partial charge in [0.2, 0.25) is 5.91 Å². The van der Waals surface area contributed by atoms with E-state index in [1.54, 1.807) is 6.20 Å². The zero-order chi connectivity index (χ0) is 15.9. The van der Waals surface area contributed by atoms with Crippen LogP contribution >= 0.6 is 0 Å². The van der Waals surface area contributed by atoms with Gasteiger partial charge in [-0.3, -0.25) is 9.48 Å². The number of carbonyl (C=O) groups is 1. The third kappa shape index (κ3) is 5.13. The molecule has 0 radical (unpaired) electrons. The molecule has 124 valence electrons. The number of aryl methyl sites for hydroxylation is 1. The summed E-state index contributed by atoms with van der Waals surface area (Å²) in [6.45, 7) is 10.0. The molecule has 0 bridgehead atoms. The van der Waals surface area contributed by atoms with E-state index in [0.717, 1.165) is 12.2 Å². The molecule has 1 aliphatic heterocycles. The number of hydrogen-bond acceptors (Lipinski definition) is 3. The largest absolute Gasteiger partial charge is 0.352 e. The van der Waals surface area contributed by atoms with Gasteiger partial charge in [-0.15, -0.1) is 0 Å². The van der Waals surface area contributed by atoms with Crippen LogP contribution in [0.25, 0.3) is 0 Å². The van der Waals surface area contributed by atoms with Gasteiger partial charge in [0.15, 0.2) is 0 Å². The predicted octanol–water partition coefficient (Wildman–Crippen LogP) is 2.21. The van der Waals surface area contributed by atoms with E-state index in [1.807, 2.05) is 24.6 Å². The van der Waals surface area contributed by atoms with Gasteiger partial charge in [-0.05, 0) is 45.8 Å². The van der Waals surface area contributed by atoms with E-state index in [0.29, 0.717) is 6.54 Å². The molecule has 2 atom stereocenters. The maximum atomic E-state index is 12.3. The molecular formula is C17H30N4O. The fourth-order valence-electron chi connectivity index (χ4n) is 3.07. The van der Waals surface area contributed by atoms with Crippen molar-refractivity contribution in [1.82, 2.24) is 20.0 Å². The van der Waals surface area contributed by atoms with Crippen molar-refractivity contribution in [1.29, 1.82) is 0 Å². The van der Waals surface area contributed by atoms with Gasteiger partial charge in [0.05, 0.1) is 12.5 Å². The molecule has 1 N–H and O–H groups in total. The van der Waals surface area contributed by atoms with Crippen LogP contribution in [0.15, 0.2) is 12.3 Å². The lowest BCUT2D eigenvalue weighted by Gasteiger charge is -2.25. The Hall–Kier alpha value is -1.36. The Kier molecular flexibility index (Phi) is 6.43. The maximum absolute atomic E-state index is 12.3. The third-order valence-corrected chi connectivity index (χ3v) is 4.44. The molecule has 1 aromatic heterocycles. The van der Waals surface area contributed by atoms with E-state index in [9.17, 15) is 4.79 Å². The molecule has 0 unspecified atom stereocenters. The highest BCUT2D eigenvalue weighted by Gasteiger charge is 2.18. The Morgan fingerprint density at radius 1 is 1.23 bits per heavy atom.